The van der Waals surface area contributed by atoms with Crippen molar-refractivity contribution in [3.8, 4) is 56.4 Å². The Labute approximate surface area is 322 Å². The Balaban J connectivity index is 1.07. The van der Waals surface area contributed by atoms with Gasteiger partial charge in [0.25, 0.3) is 0 Å². The molecule has 0 spiro atoms. The van der Waals surface area contributed by atoms with E-state index < -0.39 is 0 Å². The van der Waals surface area contributed by atoms with E-state index in [9.17, 15) is 0 Å². The lowest BCUT2D eigenvalue weighted by atomic mass is 9.90. The van der Waals surface area contributed by atoms with Crippen LogP contribution in [-0.4, -0.2) is 15.0 Å². The monoisotopic (exact) mass is 723 g/mol. The van der Waals surface area contributed by atoms with Gasteiger partial charge in [-0.1, -0.05) is 134 Å². The first-order valence-electron chi connectivity index (χ1n) is 18.7. The summed E-state index contributed by atoms with van der Waals surface area (Å²) in [6.45, 7) is 2.33. The molecule has 55 heavy (non-hydrogen) atoms. The molecule has 11 rings (SSSR count). The zero-order valence-corrected chi connectivity index (χ0v) is 30.8. The van der Waals surface area contributed by atoms with E-state index in [2.05, 4.69) is 122 Å². The summed E-state index contributed by atoms with van der Waals surface area (Å²) in [4.78, 5) is 16.8. The van der Waals surface area contributed by atoms with Gasteiger partial charge in [0.05, 0.1) is 0 Å². The third-order valence-electron chi connectivity index (χ3n) is 11.0. The Morgan fingerprint density at radius 1 is 0.545 bits per heavy atom. The van der Waals surface area contributed by atoms with Gasteiger partial charge in [-0.3, -0.25) is 0 Å². The Morgan fingerprint density at radius 3 is 2.04 bits per heavy atom. The fraction of sp³-hybridized carbons (Fsp3) is 0.0600. The van der Waals surface area contributed by atoms with Crippen LogP contribution >= 0.6 is 11.3 Å². The second-order valence-electron chi connectivity index (χ2n) is 14.4. The van der Waals surface area contributed by atoms with Crippen LogP contribution in [-0.2, 0) is 0 Å². The van der Waals surface area contributed by atoms with Crippen LogP contribution in [0.25, 0.3) is 105 Å². The fourth-order valence-electron chi connectivity index (χ4n) is 8.23. The van der Waals surface area contributed by atoms with Crippen LogP contribution in [0, 0.1) is 0 Å². The molecule has 3 aromatic heterocycles. The summed E-state index contributed by atoms with van der Waals surface area (Å²) < 4.78 is 8.10. The second kappa shape index (κ2) is 12.7. The van der Waals surface area contributed by atoms with Gasteiger partial charge in [0.15, 0.2) is 17.5 Å². The van der Waals surface area contributed by atoms with Crippen molar-refractivity contribution in [3.05, 3.63) is 168 Å². The molecular formula is C50H33N3OS. The van der Waals surface area contributed by atoms with Crippen molar-refractivity contribution < 1.29 is 4.42 Å². The van der Waals surface area contributed by atoms with Crippen LogP contribution in [0.15, 0.2) is 162 Å². The number of allylic oxidation sites excluding steroid dienone is 1. The maximum absolute atomic E-state index is 6.77. The van der Waals surface area contributed by atoms with E-state index in [0.717, 1.165) is 66.9 Å². The lowest BCUT2D eigenvalue weighted by Gasteiger charge is -2.14. The molecular weight excluding hydrogens is 691 g/mol. The third-order valence-corrected chi connectivity index (χ3v) is 12.1. The van der Waals surface area contributed by atoms with Crippen molar-refractivity contribution in [2.45, 2.75) is 19.3 Å². The van der Waals surface area contributed by atoms with Gasteiger partial charge < -0.3 is 4.42 Å². The Bertz CT molecular complexity index is 3140. The van der Waals surface area contributed by atoms with E-state index in [1.54, 1.807) is 0 Å². The molecule has 1 atom stereocenters. The molecule has 7 aromatic carbocycles. The maximum atomic E-state index is 6.77. The van der Waals surface area contributed by atoms with Gasteiger partial charge in [-0.25, -0.2) is 15.0 Å². The topological polar surface area (TPSA) is 51.8 Å². The highest BCUT2D eigenvalue weighted by molar-refractivity contribution is 7.20. The number of aromatic nitrogens is 3. The molecule has 0 saturated carbocycles. The number of rotatable bonds is 5. The minimum atomic E-state index is 0.502. The Morgan fingerprint density at radius 2 is 1.22 bits per heavy atom. The van der Waals surface area contributed by atoms with Crippen LogP contribution in [0.5, 0.6) is 0 Å². The highest BCUT2D eigenvalue weighted by atomic mass is 32.1. The average Bonchev–Trinajstić information content (AvgIpc) is 3.83. The standard InChI is InChI=1S/C50H33N3OS/c1-30-11-8-20-44-45(30)41-29-36(25-26-43(41)55-44)38-16-9-17-39-46-40(18-10-19-42(46)54-47(38)39)50-52-48(32-14-6-3-7-15-32)51-49(53-50)37-24-23-34-27-33(21-22-35(34)28-37)31-12-4-2-5-13-31/h2-10,12-30H,11H2,1H3. The molecule has 1 unspecified atom stereocenters. The van der Waals surface area contributed by atoms with E-state index in [1.165, 1.54) is 31.7 Å². The second-order valence-corrected chi connectivity index (χ2v) is 15.5. The largest absolute Gasteiger partial charge is 0.455 e. The Kier molecular flexibility index (Phi) is 7.36. The number of fused-ring (bicyclic) bond motifs is 7. The first-order valence-corrected chi connectivity index (χ1v) is 19.6. The van der Waals surface area contributed by atoms with Gasteiger partial charge >= 0.3 is 0 Å². The molecule has 0 radical (unpaired) electrons. The zero-order chi connectivity index (χ0) is 36.5. The van der Waals surface area contributed by atoms with Crippen molar-refractivity contribution in [1.29, 1.82) is 0 Å². The minimum Gasteiger partial charge on any atom is -0.455 e. The summed E-state index contributed by atoms with van der Waals surface area (Å²) in [6, 6.07) is 53.2. The van der Waals surface area contributed by atoms with E-state index in [-0.39, 0.29) is 0 Å². The molecule has 0 fully saturated rings. The zero-order valence-electron chi connectivity index (χ0n) is 30.0. The summed E-state index contributed by atoms with van der Waals surface area (Å²) in [5.41, 5.74) is 10.5. The molecule has 1 aliphatic carbocycles. The minimum absolute atomic E-state index is 0.502. The molecule has 0 N–H and O–H groups in total. The SMILES string of the molecule is CC1CC=Cc2sc3ccc(-c4cccc5c4oc4cccc(-c6nc(-c7ccccc7)nc(-c7ccc8cc(-c9ccccc9)ccc8c7)n6)c45)cc3c21. The fourth-order valence-corrected chi connectivity index (χ4v) is 9.47. The lowest BCUT2D eigenvalue weighted by molar-refractivity contribution is 0.670. The molecule has 0 aliphatic heterocycles. The van der Waals surface area contributed by atoms with Crippen LogP contribution < -0.4 is 0 Å². The van der Waals surface area contributed by atoms with Crippen LogP contribution in [0.3, 0.4) is 0 Å². The van der Waals surface area contributed by atoms with Crippen molar-refractivity contribution in [3.63, 3.8) is 0 Å². The predicted octanol–water partition coefficient (Wildman–Crippen LogP) is 14.0. The van der Waals surface area contributed by atoms with Gasteiger partial charge in [-0.15, -0.1) is 11.3 Å². The molecule has 10 aromatic rings. The van der Waals surface area contributed by atoms with E-state index in [0.29, 0.717) is 23.4 Å². The molecule has 3 heterocycles. The highest BCUT2D eigenvalue weighted by Crippen LogP contribution is 2.45. The third kappa shape index (κ3) is 5.38. The van der Waals surface area contributed by atoms with Crippen LogP contribution in [0.2, 0.25) is 0 Å². The number of thiophene rings is 1. The first-order chi connectivity index (χ1) is 27.1. The number of hydrogen-bond acceptors (Lipinski definition) is 5. The van der Waals surface area contributed by atoms with Gasteiger partial charge in [0.2, 0.25) is 0 Å². The molecule has 1 aliphatic rings. The van der Waals surface area contributed by atoms with Crippen molar-refractivity contribution >= 4 is 60.2 Å². The van der Waals surface area contributed by atoms with Gasteiger partial charge in [-0.2, -0.15) is 0 Å². The summed E-state index contributed by atoms with van der Waals surface area (Å²) in [5, 5.41) is 5.67. The van der Waals surface area contributed by atoms with Crippen molar-refractivity contribution in [2.75, 3.05) is 0 Å². The van der Waals surface area contributed by atoms with Gasteiger partial charge in [0.1, 0.15) is 11.2 Å². The number of benzene rings is 7. The van der Waals surface area contributed by atoms with Gasteiger partial charge in [0, 0.05) is 42.6 Å². The quantitative estimate of drug-likeness (QED) is 0.177. The average molecular weight is 724 g/mol. The van der Waals surface area contributed by atoms with E-state index in [4.69, 9.17) is 19.4 Å². The van der Waals surface area contributed by atoms with E-state index >= 15 is 0 Å². The first kappa shape index (κ1) is 31.8. The summed E-state index contributed by atoms with van der Waals surface area (Å²) >= 11 is 1.88. The molecule has 260 valence electrons. The van der Waals surface area contributed by atoms with Crippen LogP contribution in [0.4, 0.5) is 0 Å². The van der Waals surface area contributed by atoms with Crippen molar-refractivity contribution in [1.82, 2.24) is 15.0 Å². The number of furan rings is 1. The van der Waals surface area contributed by atoms with Crippen LogP contribution in [0.1, 0.15) is 29.7 Å². The number of hydrogen-bond donors (Lipinski definition) is 0. The molecule has 0 bridgehead atoms. The highest BCUT2D eigenvalue weighted by Gasteiger charge is 2.22. The smallest absolute Gasteiger partial charge is 0.164 e. The predicted molar refractivity (Wildman–Crippen MR) is 229 cm³/mol. The molecule has 0 saturated heterocycles. The molecule has 4 nitrogen and oxygen atoms in total. The summed E-state index contributed by atoms with van der Waals surface area (Å²) in [7, 11) is 0. The normalized spacial score (nSPS) is 13.9. The Hall–Kier alpha value is -6.69. The molecule has 0 amide bonds. The molecule has 5 heteroatoms. The summed E-state index contributed by atoms with van der Waals surface area (Å²) in [6.07, 6.45) is 5.67. The number of para-hydroxylation sites is 1. The van der Waals surface area contributed by atoms with Gasteiger partial charge in [-0.05, 0) is 87.2 Å². The maximum Gasteiger partial charge on any atom is 0.164 e. The summed E-state index contributed by atoms with van der Waals surface area (Å²) in [5.74, 6) is 2.36. The van der Waals surface area contributed by atoms with E-state index in [1.807, 2.05) is 59.9 Å². The van der Waals surface area contributed by atoms with Crippen molar-refractivity contribution in [2.24, 2.45) is 0 Å². The lowest BCUT2D eigenvalue weighted by Crippen LogP contribution is -2.00. The number of nitrogens with zero attached hydrogens (tertiary/aromatic N) is 3.